The predicted molar refractivity (Wildman–Crippen MR) is 92.9 cm³/mol. The molecule has 0 saturated carbocycles. The van der Waals surface area contributed by atoms with Crippen LogP contribution in [0.15, 0.2) is 60.7 Å². The molecule has 0 spiro atoms. The van der Waals surface area contributed by atoms with E-state index in [-0.39, 0.29) is 5.91 Å². The van der Waals surface area contributed by atoms with Gasteiger partial charge in [0, 0.05) is 16.3 Å². The highest BCUT2D eigenvalue weighted by Crippen LogP contribution is 2.20. The van der Waals surface area contributed by atoms with Gasteiger partial charge in [0.1, 0.15) is 0 Å². The topological polar surface area (TPSA) is 41.6 Å². The van der Waals surface area contributed by atoms with E-state index < -0.39 is 0 Å². The molecule has 23 heavy (non-hydrogen) atoms. The molecule has 4 nitrogen and oxygen atoms in total. The van der Waals surface area contributed by atoms with Crippen molar-refractivity contribution in [3.8, 4) is 0 Å². The zero-order valence-corrected chi connectivity index (χ0v) is 13.3. The van der Waals surface area contributed by atoms with Gasteiger partial charge in [-0.15, -0.1) is 0 Å². The molecule has 2 aromatic carbocycles. The number of amides is 1. The number of rotatable bonds is 3. The zero-order valence-electron chi connectivity index (χ0n) is 12.5. The molecule has 1 heterocycles. The Kier molecular flexibility index (Phi) is 4.95. The summed E-state index contributed by atoms with van der Waals surface area (Å²) >= 11 is 5.91. The first-order chi connectivity index (χ1) is 11.2. The number of carbonyl (C=O) groups is 1. The van der Waals surface area contributed by atoms with Crippen molar-refractivity contribution in [2.75, 3.05) is 23.5 Å². The quantitative estimate of drug-likeness (QED) is 0.855. The van der Waals surface area contributed by atoms with Crippen molar-refractivity contribution in [2.24, 2.45) is 0 Å². The van der Waals surface area contributed by atoms with Crippen LogP contribution in [0.3, 0.4) is 0 Å². The summed E-state index contributed by atoms with van der Waals surface area (Å²) in [5, 5.41) is 5.24. The van der Waals surface area contributed by atoms with E-state index in [2.05, 4.69) is 17.5 Å². The van der Waals surface area contributed by atoms with Crippen molar-refractivity contribution in [3.05, 3.63) is 71.3 Å². The van der Waals surface area contributed by atoms with Gasteiger partial charge >= 0.3 is 0 Å². The Morgan fingerprint density at radius 2 is 1.96 bits per heavy atom. The summed E-state index contributed by atoms with van der Waals surface area (Å²) in [4.78, 5) is 17.8. The minimum Gasteiger partial charge on any atom is -0.322 e. The highest BCUT2D eigenvalue weighted by molar-refractivity contribution is 6.31. The van der Waals surface area contributed by atoms with E-state index in [1.54, 1.807) is 24.3 Å². The fourth-order valence-corrected chi connectivity index (χ4v) is 2.49. The van der Waals surface area contributed by atoms with Gasteiger partial charge < -0.3 is 5.32 Å². The van der Waals surface area contributed by atoms with Crippen LogP contribution in [0.5, 0.6) is 0 Å². The summed E-state index contributed by atoms with van der Waals surface area (Å²) in [6.07, 6.45) is 5.12. The number of halogens is 1. The van der Waals surface area contributed by atoms with E-state index in [1.165, 1.54) is 0 Å². The minimum absolute atomic E-state index is 0.186. The van der Waals surface area contributed by atoms with Crippen molar-refractivity contribution in [1.29, 1.82) is 0 Å². The molecule has 1 aliphatic rings. The fourth-order valence-electron chi connectivity index (χ4n) is 2.30. The Bertz CT molecular complexity index is 713. The average Bonchev–Trinajstić information content (AvgIpc) is 2.85. The molecular weight excluding hydrogens is 312 g/mol. The van der Waals surface area contributed by atoms with E-state index >= 15 is 0 Å². The SMILES string of the molecule is O=C(Nc1ccc(N2CC=CCCO2)cc1)c1cccc(Cl)c1. The number of benzene rings is 2. The minimum atomic E-state index is -0.186. The number of carbonyl (C=O) groups excluding carboxylic acids is 1. The van der Waals surface area contributed by atoms with Crippen molar-refractivity contribution >= 4 is 28.9 Å². The summed E-state index contributed by atoms with van der Waals surface area (Å²) in [5.74, 6) is -0.186. The lowest BCUT2D eigenvalue weighted by atomic mass is 10.2. The van der Waals surface area contributed by atoms with Crippen LogP contribution < -0.4 is 10.4 Å². The van der Waals surface area contributed by atoms with Crippen molar-refractivity contribution < 1.29 is 9.63 Å². The Morgan fingerprint density at radius 3 is 2.74 bits per heavy atom. The summed E-state index contributed by atoms with van der Waals surface area (Å²) < 4.78 is 0. The van der Waals surface area contributed by atoms with Crippen LogP contribution in [0.25, 0.3) is 0 Å². The summed E-state index contributed by atoms with van der Waals surface area (Å²) in [7, 11) is 0. The van der Waals surface area contributed by atoms with Crippen LogP contribution in [0.1, 0.15) is 16.8 Å². The van der Waals surface area contributed by atoms with Gasteiger partial charge in [0.15, 0.2) is 0 Å². The summed E-state index contributed by atoms with van der Waals surface area (Å²) in [6, 6.07) is 14.4. The number of nitrogens with zero attached hydrogens (tertiary/aromatic N) is 1. The third-order valence-corrected chi connectivity index (χ3v) is 3.70. The molecule has 0 atom stereocenters. The van der Waals surface area contributed by atoms with E-state index in [0.29, 0.717) is 23.7 Å². The molecule has 3 rings (SSSR count). The molecule has 0 aromatic heterocycles. The maximum absolute atomic E-state index is 12.2. The van der Waals surface area contributed by atoms with Gasteiger partial charge in [-0.2, -0.15) is 0 Å². The molecule has 0 unspecified atom stereocenters. The lowest BCUT2D eigenvalue weighted by Gasteiger charge is -2.21. The second-order valence-corrected chi connectivity index (χ2v) is 5.60. The summed E-state index contributed by atoms with van der Waals surface area (Å²) in [5.41, 5.74) is 2.21. The molecule has 0 bridgehead atoms. The van der Waals surface area contributed by atoms with Crippen molar-refractivity contribution in [2.45, 2.75) is 6.42 Å². The molecule has 5 heteroatoms. The molecule has 0 aliphatic carbocycles. The first-order valence-electron chi connectivity index (χ1n) is 7.45. The largest absolute Gasteiger partial charge is 0.322 e. The van der Waals surface area contributed by atoms with Gasteiger partial charge in [-0.05, 0) is 48.9 Å². The number of nitrogens with one attached hydrogen (secondary N) is 1. The smallest absolute Gasteiger partial charge is 0.255 e. The lowest BCUT2D eigenvalue weighted by molar-refractivity contribution is 0.102. The molecule has 2 aromatic rings. The second kappa shape index (κ2) is 7.31. The number of anilines is 2. The molecule has 1 amide bonds. The van der Waals surface area contributed by atoms with E-state index in [4.69, 9.17) is 16.4 Å². The van der Waals surface area contributed by atoms with E-state index in [1.807, 2.05) is 29.3 Å². The van der Waals surface area contributed by atoms with Gasteiger partial charge in [0.25, 0.3) is 5.91 Å². The van der Waals surface area contributed by atoms with Crippen LogP contribution in [0.2, 0.25) is 5.02 Å². The van der Waals surface area contributed by atoms with E-state index in [9.17, 15) is 4.79 Å². The van der Waals surface area contributed by atoms with Crippen LogP contribution >= 0.6 is 11.6 Å². The standard InChI is InChI=1S/C18H17ClN2O2/c19-15-6-4-5-14(13-15)18(22)20-16-7-9-17(10-8-16)21-11-2-1-3-12-23-21/h1-2,4-10,13H,3,11-12H2,(H,20,22). The van der Waals surface area contributed by atoms with Crippen LogP contribution in [0.4, 0.5) is 11.4 Å². The highest BCUT2D eigenvalue weighted by Gasteiger charge is 2.09. The van der Waals surface area contributed by atoms with Gasteiger partial charge in [0.05, 0.1) is 18.8 Å². The maximum Gasteiger partial charge on any atom is 0.255 e. The lowest BCUT2D eigenvalue weighted by Crippen LogP contribution is -2.22. The first kappa shape index (κ1) is 15.6. The second-order valence-electron chi connectivity index (χ2n) is 5.17. The molecule has 0 saturated heterocycles. The first-order valence-corrected chi connectivity index (χ1v) is 7.82. The third kappa shape index (κ3) is 4.12. The third-order valence-electron chi connectivity index (χ3n) is 3.47. The van der Waals surface area contributed by atoms with Gasteiger partial charge in [0.2, 0.25) is 0 Å². The summed E-state index contributed by atoms with van der Waals surface area (Å²) in [6.45, 7) is 1.39. The molecule has 1 aliphatic heterocycles. The Hall–Kier alpha value is -2.30. The highest BCUT2D eigenvalue weighted by atomic mass is 35.5. The molecule has 1 N–H and O–H groups in total. The van der Waals surface area contributed by atoms with E-state index in [0.717, 1.165) is 17.8 Å². The molecule has 118 valence electrons. The monoisotopic (exact) mass is 328 g/mol. The molecule has 0 fully saturated rings. The maximum atomic E-state index is 12.2. The number of hydrogen-bond acceptors (Lipinski definition) is 3. The normalized spacial score (nSPS) is 14.4. The van der Waals surface area contributed by atoms with Crippen molar-refractivity contribution in [3.63, 3.8) is 0 Å². The zero-order chi connectivity index (χ0) is 16.1. The van der Waals surface area contributed by atoms with Gasteiger partial charge in [-0.3, -0.25) is 14.7 Å². The van der Waals surface area contributed by atoms with Gasteiger partial charge in [-0.25, -0.2) is 0 Å². The van der Waals surface area contributed by atoms with Gasteiger partial charge in [-0.1, -0.05) is 29.8 Å². The Balaban J connectivity index is 1.67. The predicted octanol–water partition coefficient (Wildman–Crippen LogP) is 4.29. The van der Waals surface area contributed by atoms with Crippen molar-refractivity contribution in [1.82, 2.24) is 0 Å². The average molecular weight is 329 g/mol. The van der Waals surface area contributed by atoms with Crippen LogP contribution in [-0.2, 0) is 4.84 Å². The molecule has 0 radical (unpaired) electrons. The number of hydroxylamine groups is 1. The van der Waals surface area contributed by atoms with Crippen LogP contribution in [-0.4, -0.2) is 19.1 Å². The Morgan fingerprint density at radius 1 is 1.13 bits per heavy atom. The number of hydrogen-bond donors (Lipinski definition) is 1. The fraction of sp³-hybridized carbons (Fsp3) is 0.167. The molecular formula is C18H17ClN2O2. The Labute approximate surface area is 140 Å². The van der Waals surface area contributed by atoms with Crippen LogP contribution in [0, 0.1) is 0 Å².